The van der Waals surface area contributed by atoms with Crippen molar-refractivity contribution in [1.82, 2.24) is 21.3 Å². The third-order valence-corrected chi connectivity index (χ3v) is 6.38. The van der Waals surface area contributed by atoms with E-state index in [4.69, 9.17) is 0 Å². The monoisotopic (exact) mass is 568 g/mol. The van der Waals surface area contributed by atoms with Crippen LogP contribution in [0.2, 0.25) is 0 Å². The van der Waals surface area contributed by atoms with Gasteiger partial charge in [0.15, 0.2) is 6.10 Å². The Morgan fingerprint density at radius 2 is 1.43 bits per heavy atom. The van der Waals surface area contributed by atoms with Crippen LogP contribution < -0.4 is 21.3 Å². The molecule has 1 aromatic rings. The number of carboxylic acids is 1. The van der Waals surface area contributed by atoms with E-state index in [1.807, 2.05) is 27.7 Å². The lowest BCUT2D eigenvalue weighted by Gasteiger charge is -2.31. The molecule has 13 nitrogen and oxygen atoms in total. The molecule has 0 spiro atoms. The molecule has 0 saturated heterocycles. The molecule has 1 rings (SSSR count). The molecule has 0 heterocycles. The predicted molar refractivity (Wildman–Crippen MR) is 146 cm³/mol. The standard InChI is InChI=1S/C27H44N4O9/c1-14(2)11-18(30-26(39)21(28-5)15(3)4)25(38)31-19(13-32)22(35)23(36)24(37)27(40)29-17(12-20(33)34)16-9-7-6-8-10-16/h6-10,14-15,17-19,21-24,28,32,35-37H,11-13H2,1-5H3,(H,29,40)(H,30,39)(H,31,38)(H,33,34)/t17-,18-,19-,21-,22+,23+,24-/m0/s1. The number of benzene rings is 1. The number of hydrogen-bond donors (Lipinski definition) is 9. The summed E-state index contributed by atoms with van der Waals surface area (Å²) in [5.74, 6) is -3.62. The van der Waals surface area contributed by atoms with Crippen molar-refractivity contribution < 1.29 is 44.7 Å². The zero-order valence-electron chi connectivity index (χ0n) is 23.6. The van der Waals surface area contributed by atoms with Gasteiger partial charge in [-0.3, -0.25) is 19.2 Å². The van der Waals surface area contributed by atoms with E-state index >= 15 is 0 Å². The fourth-order valence-corrected chi connectivity index (χ4v) is 4.20. The molecule has 0 unspecified atom stereocenters. The largest absolute Gasteiger partial charge is 0.481 e. The number of aliphatic hydroxyl groups is 4. The highest BCUT2D eigenvalue weighted by atomic mass is 16.4. The minimum atomic E-state index is -2.23. The average molecular weight is 569 g/mol. The smallest absolute Gasteiger partial charge is 0.305 e. The van der Waals surface area contributed by atoms with Crippen molar-refractivity contribution in [3.63, 3.8) is 0 Å². The summed E-state index contributed by atoms with van der Waals surface area (Å²) in [6.45, 7) is 6.49. The quantitative estimate of drug-likeness (QED) is 0.108. The minimum Gasteiger partial charge on any atom is -0.481 e. The molecule has 0 aliphatic carbocycles. The van der Waals surface area contributed by atoms with Crippen LogP contribution in [0, 0.1) is 11.8 Å². The van der Waals surface area contributed by atoms with Gasteiger partial charge in [-0.25, -0.2) is 0 Å². The first-order valence-corrected chi connectivity index (χ1v) is 13.2. The molecule has 0 aliphatic rings. The van der Waals surface area contributed by atoms with Crippen LogP contribution in [0.5, 0.6) is 0 Å². The fraction of sp³-hybridized carbons (Fsp3) is 0.630. The van der Waals surface area contributed by atoms with Crippen molar-refractivity contribution in [2.24, 2.45) is 11.8 Å². The molecule has 9 N–H and O–H groups in total. The Hall–Kier alpha value is -3.10. The Kier molecular flexibility index (Phi) is 14.7. The van der Waals surface area contributed by atoms with Crippen molar-refractivity contribution in [3.05, 3.63) is 35.9 Å². The maximum Gasteiger partial charge on any atom is 0.305 e. The van der Waals surface area contributed by atoms with E-state index in [9.17, 15) is 44.7 Å². The van der Waals surface area contributed by atoms with Crippen LogP contribution in [-0.2, 0) is 19.2 Å². The molecule has 0 radical (unpaired) electrons. The number of carbonyl (C=O) groups is 4. The van der Waals surface area contributed by atoms with Gasteiger partial charge in [0.1, 0.15) is 18.2 Å². The first-order chi connectivity index (χ1) is 18.7. The van der Waals surface area contributed by atoms with Gasteiger partial charge in [-0.2, -0.15) is 0 Å². The normalized spacial score (nSPS) is 16.8. The van der Waals surface area contributed by atoms with Crippen LogP contribution in [0.25, 0.3) is 0 Å². The zero-order chi connectivity index (χ0) is 30.6. The van der Waals surface area contributed by atoms with Gasteiger partial charge in [0.05, 0.1) is 31.2 Å². The second kappa shape index (κ2) is 16.9. The number of aliphatic hydroxyl groups excluding tert-OH is 4. The third-order valence-electron chi connectivity index (χ3n) is 6.38. The van der Waals surface area contributed by atoms with Crippen LogP contribution in [0.1, 0.15) is 52.1 Å². The second-order valence-electron chi connectivity index (χ2n) is 10.5. The molecule has 0 aromatic heterocycles. The summed E-state index contributed by atoms with van der Waals surface area (Å²) in [4.78, 5) is 49.7. The maximum atomic E-state index is 13.1. The summed E-state index contributed by atoms with van der Waals surface area (Å²) < 4.78 is 0. The summed E-state index contributed by atoms with van der Waals surface area (Å²) in [6.07, 6.45) is -6.66. The number of carboxylic acid groups (broad SMARTS) is 1. The highest BCUT2D eigenvalue weighted by molar-refractivity contribution is 5.90. The zero-order valence-corrected chi connectivity index (χ0v) is 23.6. The molecule has 1 aromatic carbocycles. The van der Waals surface area contributed by atoms with Gasteiger partial charge in [-0.05, 0) is 30.9 Å². The SMILES string of the molecule is CN[C@H](C(=O)N[C@@H](CC(C)C)C(=O)N[C@@H](CO)[C@@H](O)[C@@H](O)[C@H](O)C(=O)N[C@@H](CC(=O)O)c1ccccc1)C(C)C. The molecule has 0 aliphatic heterocycles. The van der Waals surface area contributed by atoms with Gasteiger partial charge >= 0.3 is 5.97 Å². The van der Waals surface area contributed by atoms with Crippen molar-refractivity contribution in [1.29, 1.82) is 0 Å². The number of rotatable bonds is 17. The second-order valence-corrected chi connectivity index (χ2v) is 10.5. The van der Waals surface area contributed by atoms with Crippen LogP contribution in [0.4, 0.5) is 0 Å². The summed E-state index contributed by atoms with van der Waals surface area (Å²) >= 11 is 0. The average Bonchev–Trinajstić information content (AvgIpc) is 2.89. The van der Waals surface area contributed by atoms with Crippen molar-refractivity contribution in [3.8, 4) is 0 Å². The Morgan fingerprint density at radius 1 is 0.825 bits per heavy atom. The summed E-state index contributed by atoms with van der Waals surface area (Å²) in [7, 11) is 1.62. The van der Waals surface area contributed by atoms with Gasteiger partial charge < -0.3 is 46.8 Å². The molecule has 7 atom stereocenters. The van der Waals surface area contributed by atoms with E-state index in [-0.39, 0.29) is 18.3 Å². The molecular formula is C27H44N4O9. The van der Waals surface area contributed by atoms with E-state index in [0.717, 1.165) is 0 Å². The van der Waals surface area contributed by atoms with Crippen molar-refractivity contribution in [2.45, 2.75) is 83.0 Å². The van der Waals surface area contributed by atoms with Gasteiger partial charge in [-0.15, -0.1) is 0 Å². The van der Waals surface area contributed by atoms with E-state index in [1.54, 1.807) is 37.4 Å². The number of aliphatic carboxylic acids is 1. The van der Waals surface area contributed by atoms with E-state index in [0.29, 0.717) is 5.56 Å². The lowest BCUT2D eigenvalue weighted by molar-refractivity contribution is -0.145. The Balaban J connectivity index is 2.97. The predicted octanol–water partition coefficient (Wildman–Crippen LogP) is -1.35. The Bertz CT molecular complexity index is 961. The number of nitrogens with one attached hydrogen (secondary N) is 4. The molecule has 13 heteroatoms. The van der Waals surface area contributed by atoms with Gasteiger partial charge in [0.2, 0.25) is 11.8 Å². The Labute approximate surface area is 234 Å². The van der Waals surface area contributed by atoms with E-state index < -0.39 is 79.2 Å². The van der Waals surface area contributed by atoms with E-state index in [2.05, 4.69) is 21.3 Å². The van der Waals surface area contributed by atoms with Crippen LogP contribution in [-0.4, -0.2) is 99.3 Å². The van der Waals surface area contributed by atoms with Gasteiger partial charge in [0.25, 0.3) is 5.91 Å². The highest BCUT2D eigenvalue weighted by Crippen LogP contribution is 2.18. The molecule has 0 saturated carbocycles. The van der Waals surface area contributed by atoms with Gasteiger partial charge in [0, 0.05) is 0 Å². The fourth-order valence-electron chi connectivity index (χ4n) is 4.20. The molecule has 0 bridgehead atoms. The lowest BCUT2D eigenvalue weighted by atomic mass is 9.97. The highest BCUT2D eigenvalue weighted by Gasteiger charge is 2.38. The van der Waals surface area contributed by atoms with E-state index in [1.165, 1.54) is 0 Å². The topological polar surface area (TPSA) is 218 Å². The lowest BCUT2D eigenvalue weighted by Crippen LogP contribution is -2.60. The summed E-state index contributed by atoms with van der Waals surface area (Å²) in [5, 5.41) is 60.9. The maximum absolute atomic E-state index is 13.1. The number of amides is 3. The first kappa shape index (κ1) is 34.9. The van der Waals surface area contributed by atoms with Crippen LogP contribution in [0.15, 0.2) is 30.3 Å². The number of hydrogen-bond acceptors (Lipinski definition) is 9. The number of carbonyl (C=O) groups excluding carboxylic acids is 3. The van der Waals surface area contributed by atoms with Crippen molar-refractivity contribution >= 4 is 23.7 Å². The summed E-state index contributed by atoms with van der Waals surface area (Å²) in [6, 6.07) is 3.98. The first-order valence-electron chi connectivity index (χ1n) is 13.2. The minimum absolute atomic E-state index is 0.0138. The number of likely N-dealkylation sites (N-methyl/N-ethyl adjacent to an activating group) is 1. The third kappa shape index (κ3) is 10.8. The molecular weight excluding hydrogens is 524 g/mol. The molecule has 226 valence electrons. The van der Waals surface area contributed by atoms with Crippen molar-refractivity contribution in [2.75, 3.05) is 13.7 Å². The molecule has 40 heavy (non-hydrogen) atoms. The Morgan fingerprint density at radius 3 is 1.90 bits per heavy atom. The molecule has 3 amide bonds. The van der Waals surface area contributed by atoms with Gasteiger partial charge in [-0.1, -0.05) is 58.0 Å². The van der Waals surface area contributed by atoms with Crippen LogP contribution >= 0.6 is 0 Å². The molecule has 0 fully saturated rings. The van der Waals surface area contributed by atoms with Crippen LogP contribution in [0.3, 0.4) is 0 Å². The summed E-state index contributed by atoms with van der Waals surface area (Å²) in [5.41, 5.74) is 0.442.